The molecule has 1 atom stereocenters. The molecule has 1 unspecified atom stereocenters. The van der Waals surface area contributed by atoms with Gasteiger partial charge < -0.3 is 5.11 Å². The molecule has 3 rings (SSSR count). The minimum absolute atomic E-state index is 0.0198. The van der Waals surface area contributed by atoms with Gasteiger partial charge in [0.25, 0.3) is 0 Å². The average Bonchev–Trinajstić information content (AvgIpc) is 2.98. The number of allylic oxidation sites excluding steroid dienone is 4. The third-order valence-electron chi connectivity index (χ3n) is 4.83. The zero-order valence-corrected chi connectivity index (χ0v) is 15.4. The predicted molar refractivity (Wildman–Crippen MR) is 102 cm³/mol. The van der Waals surface area contributed by atoms with Crippen molar-refractivity contribution < 1.29 is 5.11 Å². The van der Waals surface area contributed by atoms with Gasteiger partial charge in [0.15, 0.2) is 0 Å². The van der Waals surface area contributed by atoms with E-state index in [4.69, 9.17) is 11.6 Å². The summed E-state index contributed by atoms with van der Waals surface area (Å²) in [6.45, 7) is 2.75. The lowest BCUT2D eigenvalue weighted by Crippen LogP contribution is -2.15. The molecule has 0 saturated heterocycles. The van der Waals surface area contributed by atoms with Crippen LogP contribution in [0.5, 0.6) is 0 Å². The maximum absolute atomic E-state index is 9.28. The van der Waals surface area contributed by atoms with Crippen molar-refractivity contribution >= 4 is 11.6 Å². The molecule has 25 heavy (non-hydrogen) atoms. The summed E-state index contributed by atoms with van der Waals surface area (Å²) >= 11 is 6.26. The number of aryl methyl sites for hydroxylation is 2. The Labute approximate surface area is 154 Å². The maximum Gasteiger partial charge on any atom is 0.0881 e. The van der Waals surface area contributed by atoms with Gasteiger partial charge in [-0.2, -0.15) is 5.10 Å². The van der Waals surface area contributed by atoms with Crippen LogP contribution < -0.4 is 0 Å². The zero-order chi connectivity index (χ0) is 17.6. The van der Waals surface area contributed by atoms with Crippen LogP contribution in [-0.4, -0.2) is 14.9 Å². The van der Waals surface area contributed by atoms with Gasteiger partial charge in [-0.3, -0.25) is 4.68 Å². The van der Waals surface area contributed by atoms with E-state index in [0.29, 0.717) is 5.92 Å². The second-order valence-corrected chi connectivity index (χ2v) is 7.15. The first-order chi connectivity index (χ1) is 12.2. The first kappa shape index (κ1) is 18.0. The number of hydrogen-bond donors (Lipinski definition) is 1. The second kappa shape index (κ2) is 8.50. The molecule has 4 heteroatoms. The maximum atomic E-state index is 9.28. The standard InChI is InChI=1S/C21H25ClN2O/c1-16-12-21(15-25)23-24(16)14-19-13-20(22)11-10-18(19)9-5-8-17-6-3-2-4-7-17/h2-4,6-7,11-13,18,25H,5,8-10,14-15H2,1H3. The van der Waals surface area contributed by atoms with Crippen LogP contribution in [0, 0.1) is 12.8 Å². The van der Waals surface area contributed by atoms with Gasteiger partial charge in [0.05, 0.1) is 18.8 Å². The number of benzene rings is 1. The Morgan fingerprint density at radius 3 is 2.80 bits per heavy atom. The second-order valence-electron chi connectivity index (χ2n) is 6.71. The minimum atomic E-state index is -0.0198. The number of hydrogen-bond acceptors (Lipinski definition) is 2. The molecule has 0 spiro atoms. The monoisotopic (exact) mass is 356 g/mol. The van der Waals surface area contributed by atoms with Crippen LogP contribution in [0.4, 0.5) is 0 Å². The molecule has 1 aliphatic carbocycles. The van der Waals surface area contributed by atoms with Crippen molar-refractivity contribution in [2.45, 2.75) is 45.8 Å². The molecule has 0 radical (unpaired) electrons. The Hall–Kier alpha value is -1.84. The highest BCUT2D eigenvalue weighted by Crippen LogP contribution is 2.31. The minimum Gasteiger partial charge on any atom is -0.390 e. The molecular formula is C21H25ClN2O. The van der Waals surface area contributed by atoms with E-state index in [-0.39, 0.29) is 6.61 Å². The van der Waals surface area contributed by atoms with Gasteiger partial charge in [0.1, 0.15) is 0 Å². The largest absolute Gasteiger partial charge is 0.390 e. The topological polar surface area (TPSA) is 38.1 Å². The Morgan fingerprint density at radius 2 is 2.08 bits per heavy atom. The lowest BCUT2D eigenvalue weighted by Gasteiger charge is -2.23. The number of aliphatic hydroxyl groups is 1. The molecule has 3 nitrogen and oxygen atoms in total. The normalized spacial score (nSPS) is 17.3. The molecule has 0 amide bonds. The van der Waals surface area contributed by atoms with Gasteiger partial charge in [-0.1, -0.05) is 48.0 Å². The van der Waals surface area contributed by atoms with E-state index in [1.165, 1.54) is 11.1 Å². The van der Waals surface area contributed by atoms with Crippen molar-refractivity contribution in [1.29, 1.82) is 0 Å². The summed E-state index contributed by atoms with van der Waals surface area (Å²) in [4.78, 5) is 0. The molecule has 1 N–H and O–H groups in total. The molecule has 1 aliphatic rings. The van der Waals surface area contributed by atoms with Crippen LogP contribution in [-0.2, 0) is 19.6 Å². The first-order valence-electron chi connectivity index (χ1n) is 8.90. The molecule has 1 aromatic carbocycles. The number of aromatic nitrogens is 2. The van der Waals surface area contributed by atoms with E-state index in [1.807, 2.05) is 17.7 Å². The van der Waals surface area contributed by atoms with Crippen molar-refractivity contribution in [3.8, 4) is 0 Å². The van der Waals surface area contributed by atoms with Crippen LogP contribution in [0.2, 0.25) is 0 Å². The molecule has 0 saturated carbocycles. The fourth-order valence-electron chi connectivity index (χ4n) is 3.42. The fraction of sp³-hybridized carbons (Fsp3) is 0.381. The average molecular weight is 357 g/mol. The van der Waals surface area contributed by atoms with Crippen LogP contribution in [0.15, 0.2) is 59.2 Å². The molecular weight excluding hydrogens is 332 g/mol. The van der Waals surface area contributed by atoms with Crippen LogP contribution in [0.25, 0.3) is 0 Å². The highest BCUT2D eigenvalue weighted by Gasteiger charge is 2.19. The van der Waals surface area contributed by atoms with Crippen molar-refractivity contribution in [3.05, 3.63) is 76.1 Å². The lowest BCUT2D eigenvalue weighted by molar-refractivity contribution is 0.275. The summed E-state index contributed by atoms with van der Waals surface area (Å²) in [7, 11) is 0. The Bertz CT molecular complexity index is 761. The summed E-state index contributed by atoms with van der Waals surface area (Å²) in [5.74, 6) is 0.507. The quantitative estimate of drug-likeness (QED) is 0.775. The summed E-state index contributed by atoms with van der Waals surface area (Å²) in [6, 6.07) is 12.6. The zero-order valence-electron chi connectivity index (χ0n) is 14.7. The third kappa shape index (κ3) is 4.83. The highest BCUT2D eigenvalue weighted by molar-refractivity contribution is 6.31. The SMILES string of the molecule is Cc1cc(CO)nn1CC1=CC(Cl)=CCC1CCCc1ccccc1. The lowest BCUT2D eigenvalue weighted by atomic mass is 9.86. The summed E-state index contributed by atoms with van der Waals surface area (Å²) < 4.78 is 1.97. The van der Waals surface area contributed by atoms with Gasteiger partial charge in [0.2, 0.25) is 0 Å². The smallest absolute Gasteiger partial charge is 0.0881 e. The number of rotatable bonds is 7. The predicted octanol–water partition coefficient (Wildman–Crippen LogP) is 4.78. The molecule has 132 valence electrons. The number of aliphatic hydroxyl groups excluding tert-OH is 1. The number of halogens is 1. The fourth-order valence-corrected chi connectivity index (χ4v) is 3.65. The molecule has 1 heterocycles. The third-order valence-corrected chi connectivity index (χ3v) is 5.10. The highest BCUT2D eigenvalue weighted by atomic mass is 35.5. The van der Waals surface area contributed by atoms with E-state index in [9.17, 15) is 5.11 Å². The van der Waals surface area contributed by atoms with Gasteiger partial charge in [0, 0.05) is 10.7 Å². The van der Waals surface area contributed by atoms with Gasteiger partial charge >= 0.3 is 0 Å². The van der Waals surface area contributed by atoms with Crippen LogP contribution in [0.1, 0.15) is 36.2 Å². The van der Waals surface area contributed by atoms with Gasteiger partial charge in [-0.15, -0.1) is 0 Å². The van der Waals surface area contributed by atoms with E-state index in [0.717, 1.165) is 48.6 Å². The Kier molecular flexibility index (Phi) is 6.11. The Balaban J connectivity index is 1.64. The molecule has 0 bridgehead atoms. The van der Waals surface area contributed by atoms with Gasteiger partial charge in [-0.25, -0.2) is 0 Å². The van der Waals surface area contributed by atoms with E-state index in [1.54, 1.807) is 0 Å². The van der Waals surface area contributed by atoms with Crippen molar-refractivity contribution in [3.63, 3.8) is 0 Å². The van der Waals surface area contributed by atoms with E-state index in [2.05, 4.69) is 47.6 Å². The van der Waals surface area contributed by atoms with Crippen molar-refractivity contribution in [1.82, 2.24) is 9.78 Å². The van der Waals surface area contributed by atoms with Crippen LogP contribution >= 0.6 is 11.6 Å². The number of nitrogens with zero attached hydrogens (tertiary/aromatic N) is 2. The molecule has 0 aliphatic heterocycles. The summed E-state index contributed by atoms with van der Waals surface area (Å²) in [5.41, 5.74) is 4.51. The summed E-state index contributed by atoms with van der Waals surface area (Å²) in [6.07, 6.45) is 8.63. The van der Waals surface area contributed by atoms with Gasteiger partial charge in [-0.05, 0) is 61.8 Å². The molecule has 2 aromatic rings. The van der Waals surface area contributed by atoms with Crippen molar-refractivity contribution in [2.24, 2.45) is 5.92 Å². The van der Waals surface area contributed by atoms with E-state index >= 15 is 0 Å². The summed E-state index contributed by atoms with van der Waals surface area (Å²) in [5, 5.41) is 14.6. The van der Waals surface area contributed by atoms with Crippen LogP contribution in [0.3, 0.4) is 0 Å². The van der Waals surface area contributed by atoms with E-state index < -0.39 is 0 Å². The Morgan fingerprint density at radius 1 is 1.28 bits per heavy atom. The van der Waals surface area contributed by atoms with Crippen molar-refractivity contribution in [2.75, 3.05) is 0 Å². The first-order valence-corrected chi connectivity index (χ1v) is 9.27. The molecule has 1 aromatic heterocycles. The molecule has 0 fully saturated rings.